The Morgan fingerprint density at radius 1 is 1.33 bits per heavy atom. The molecule has 0 aliphatic carbocycles. The van der Waals surface area contributed by atoms with E-state index in [9.17, 15) is 4.79 Å². The van der Waals surface area contributed by atoms with Crippen LogP contribution in [0.5, 0.6) is 5.75 Å². The highest BCUT2D eigenvalue weighted by molar-refractivity contribution is 5.78. The van der Waals surface area contributed by atoms with E-state index in [4.69, 9.17) is 4.74 Å². The molecule has 5 heteroatoms. The molecule has 2 bridgehead atoms. The lowest BCUT2D eigenvalue weighted by Gasteiger charge is -2.34. The van der Waals surface area contributed by atoms with E-state index < -0.39 is 0 Å². The largest absolute Gasteiger partial charge is 0.496 e. The summed E-state index contributed by atoms with van der Waals surface area (Å²) in [5, 5.41) is 4.56. The fourth-order valence-electron chi connectivity index (χ4n) is 4.26. The molecule has 0 N–H and O–H groups in total. The van der Waals surface area contributed by atoms with Gasteiger partial charge in [0.25, 0.3) is 0 Å². The third-order valence-electron chi connectivity index (χ3n) is 5.32. The van der Waals surface area contributed by atoms with Crippen molar-refractivity contribution in [2.24, 2.45) is 7.05 Å². The van der Waals surface area contributed by atoms with Crippen molar-refractivity contribution in [1.29, 1.82) is 0 Å². The van der Waals surface area contributed by atoms with Gasteiger partial charge in [0.1, 0.15) is 5.75 Å². The van der Waals surface area contributed by atoms with Gasteiger partial charge in [0.05, 0.1) is 18.8 Å². The highest BCUT2D eigenvalue weighted by Crippen LogP contribution is 2.43. The van der Waals surface area contributed by atoms with Crippen LogP contribution in [0.25, 0.3) is 0 Å². The van der Waals surface area contributed by atoms with Crippen molar-refractivity contribution in [2.45, 2.75) is 44.2 Å². The van der Waals surface area contributed by atoms with Crippen LogP contribution in [0.1, 0.15) is 42.1 Å². The van der Waals surface area contributed by atoms with Gasteiger partial charge in [-0.05, 0) is 30.9 Å². The number of ether oxygens (including phenoxy) is 1. The molecule has 0 unspecified atom stereocenters. The van der Waals surface area contributed by atoms with Crippen LogP contribution in [0.15, 0.2) is 30.5 Å². The number of hydrogen-bond acceptors (Lipinski definition) is 3. The van der Waals surface area contributed by atoms with E-state index in [2.05, 4.69) is 16.2 Å². The van der Waals surface area contributed by atoms with Gasteiger partial charge in [-0.3, -0.25) is 9.48 Å². The highest BCUT2D eigenvalue weighted by Gasteiger charge is 2.43. The smallest absolute Gasteiger partial charge is 0.223 e. The second-order valence-corrected chi connectivity index (χ2v) is 6.77. The van der Waals surface area contributed by atoms with Gasteiger partial charge >= 0.3 is 0 Å². The van der Waals surface area contributed by atoms with E-state index in [0.717, 1.165) is 37.0 Å². The number of nitrogens with zero attached hydrogens (tertiary/aromatic N) is 3. The maximum absolute atomic E-state index is 12.9. The van der Waals surface area contributed by atoms with Crippen LogP contribution >= 0.6 is 0 Å². The fraction of sp³-hybridized carbons (Fsp3) is 0.474. The third-order valence-corrected chi connectivity index (χ3v) is 5.32. The van der Waals surface area contributed by atoms with Crippen molar-refractivity contribution in [3.8, 4) is 5.75 Å². The minimum atomic E-state index is 0.220. The second-order valence-electron chi connectivity index (χ2n) is 6.77. The Morgan fingerprint density at radius 3 is 3.00 bits per heavy atom. The van der Waals surface area contributed by atoms with E-state index in [0.29, 0.717) is 12.5 Å². The van der Waals surface area contributed by atoms with Crippen LogP contribution in [-0.2, 0) is 24.7 Å². The number of hydrogen-bond donors (Lipinski definition) is 0. The molecule has 3 heterocycles. The monoisotopic (exact) mass is 325 g/mol. The Labute approximate surface area is 142 Å². The van der Waals surface area contributed by atoms with Gasteiger partial charge in [-0.25, -0.2) is 0 Å². The summed E-state index contributed by atoms with van der Waals surface area (Å²) < 4.78 is 7.27. The lowest BCUT2D eigenvalue weighted by molar-refractivity contribution is -0.134. The van der Waals surface area contributed by atoms with Crippen molar-refractivity contribution < 1.29 is 9.53 Å². The number of rotatable bonds is 4. The molecule has 126 valence electrons. The predicted molar refractivity (Wildman–Crippen MR) is 90.8 cm³/mol. The number of benzene rings is 1. The van der Waals surface area contributed by atoms with Crippen molar-refractivity contribution in [2.75, 3.05) is 7.11 Å². The lowest BCUT2D eigenvalue weighted by Crippen LogP contribution is -2.41. The van der Waals surface area contributed by atoms with E-state index in [1.165, 1.54) is 11.3 Å². The first-order valence-electron chi connectivity index (χ1n) is 8.63. The van der Waals surface area contributed by atoms with E-state index in [-0.39, 0.29) is 11.9 Å². The number of fused-ring (bicyclic) bond motifs is 4. The number of methoxy groups -OCH3 is 1. The molecule has 24 heavy (non-hydrogen) atoms. The molecule has 0 spiro atoms. The van der Waals surface area contributed by atoms with Crippen molar-refractivity contribution in [3.63, 3.8) is 0 Å². The molecule has 5 nitrogen and oxygen atoms in total. The van der Waals surface area contributed by atoms with Gasteiger partial charge in [0.15, 0.2) is 0 Å². The summed E-state index contributed by atoms with van der Waals surface area (Å²) in [5.74, 6) is 1.12. The summed E-state index contributed by atoms with van der Waals surface area (Å²) in [6.07, 6.45) is 6.38. The molecule has 4 rings (SSSR count). The molecular weight excluding hydrogens is 302 g/mol. The third kappa shape index (κ3) is 2.48. The summed E-state index contributed by atoms with van der Waals surface area (Å²) in [6, 6.07) is 8.48. The Kier molecular flexibility index (Phi) is 3.79. The van der Waals surface area contributed by atoms with Crippen LogP contribution in [0.3, 0.4) is 0 Å². The van der Waals surface area contributed by atoms with Crippen LogP contribution in [0.4, 0.5) is 0 Å². The molecule has 1 aromatic heterocycles. The van der Waals surface area contributed by atoms with E-state index in [1.807, 2.05) is 36.0 Å². The van der Waals surface area contributed by atoms with Gasteiger partial charge in [-0.15, -0.1) is 0 Å². The van der Waals surface area contributed by atoms with Crippen LogP contribution in [-0.4, -0.2) is 33.7 Å². The topological polar surface area (TPSA) is 47.4 Å². The molecule has 0 radical (unpaired) electrons. The first-order chi connectivity index (χ1) is 11.7. The number of aryl methyl sites for hydroxylation is 2. The average Bonchev–Trinajstić information content (AvgIpc) is 3.13. The van der Waals surface area contributed by atoms with E-state index in [1.54, 1.807) is 7.11 Å². The quantitative estimate of drug-likeness (QED) is 0.868. The number of aromatic nitrogens is 2. The minimum Gasteiger partial charge on any atom is -0.496 e. The van der Waals surface area contributed by atoms with Crippen molar-refractivity contribution in [1.82, 2.24) is 14.7 Å². The molecule has 0 saturated carbocycles. The number of para-hydroxylation sites is 1. The summed E-state index contributed by atoms with van der Waals surface area (Å²) in [4.78, 5) is 15.0. The Morgan fingerprint density at radius 2 is 2.17 bits per heavy atom. The van der Waals surface area contributed by atoms with Gasteiger partial charge in [0.2, 0.25) is 5.91 Å². The maximum Gasteiger partial charge on any atom is 0.223 e. The zero-order chi connectivity index (χ0) is 16.7. The number of amides is 1. The van der Waals surface area contributed by atoms with Gasteiger partial charge in [-0.2, -0.15) is 5.10 Å². The fourth-order valence-corrected chi connectivity index (χ4v) is 4.26. The molecule has 2 aliphatic heterocycles. The zero-order valence-electron chi connectivity index (χ0n) is 14.2. The Bertz CT molecular complexity index is 768. The molecule has 1 amide bonds. The van der Waals surface area contributed by atoms with Gasteiger partial charge in [0, 0.05) is 37.7 Å². The molecule has 1 saturated heterocycles. The normalized spacial score (nSPS) is 21.7. The zero-order valence-corrected chi connectivity index (χ0v) is 14.2. The summed E-state index contributed by atoms with van der Waals surface area (Å²) in [5.41, 5.74) is 3.52. The summed E-state index contributed by atoms with van der Waals surface area (Å²) in [7, 11) is 3.63. The maximum atomic E-state index is 12.9. The Balaban J connectivity index is 1.49. The second kappa shape index (κ2) is 5.96. The van der Waals surface area contributed by atoms with Crippen molar-refractivity contribution >= 4 is 5.91 Å². The minimum absolute atomic E-state index is 0.220. The SMILES string of the molecule is COc1ccccc1CCC(=O)N1[C@@H]2CC[C@@H]1c1cn(C)nc1C2. The standard InChI is InChI=1S/C19H23N3O2/c1-21-12-15-16(20-21)11-14-8-9-17(15)22(14)19(23)10-7-13-5-3-4-6-18(13)24-2/h3-6,12,14,17H,7-11H2,1-2H3/t14-,17-/m1/s1. The van der Waals surface area contributed by atoms with Gasteiger partial charge in [-0.1, -0.05) is 18.2 Å². The summed E-state index contributed by atoms with van der Waals surface area (Å²) >= 11 is 0. The van der Waals surface area contributed by atoms with Crippen LogP contribution < -0.4 is 4.74 Å². The first-order valence-corrected chi connectivity index (χ1v) is 8.63. The predicted octanol–water partition coefficient (Wildman–Crippen LogP) is 2.65. The first kappa shape index (κ1) is 15.2. The van der Waals surface area contributed by atoms with Crippen LogP contribution in [0.2, 0.25) is 0 Å². The van der Waals surface area contributed by atoms with E-state index >= 15 is 0 Å². The highest BCUT2D eigenvalue weighted by atomic mass is 16.5. The molecule has 1 fully saturated rings. The Hall–Kier alpha value is -2.30. The lowest BCUT2D eigenvalue weighted by atomic mass is 9.99. The molecule has 1 aromatic carbocycles. The molecule has 2 atom stereocenters. The van der Waals surface area contributed by atoms with Crippen molar-refractivity contribution in [3.05, 3.63) is 47.3 Å². The molecule has 2 aliphatic rings. The van der Waals surface area contributed by atoms with Crippen LogP contribution in [0, 0.1) is 0 Å². The summed E-state index contributed by atoms with van der Waals surface area (Å²) in [6.45, 7) is 0. The number of carbonyl (C=O) groups excluding carboxylic acids is 1. The number of carbonyl (C=O) groups is 1. The molecular formula is C19H23N3O2. The average molecular weight is 325 g/mol. The van der Waals surface area contributed by atoms with Gasteiger partial charge < -0.3 is 9.64 Å². The molecule has 2 aromatic rings.